The molecule has 0 aliphatic heterocycles. The molecule has 0 fully saturated rings. The second kappa shape index (κ2) is 15.8. The molecule has 0 bridgehead atoms. The third-order valence-corrected chi connectivity index (χ3v) is 7.53. The monoisotopic (exact) mass is 647 g/mol. The number of thioether (sulfide) groups is 1. The maximum atomic E-state index is 13.3. The highest BCUT2D eigenvalue weighted by atomic mass is 35.5. The molecule has 8 nitrogen and oxygen atoms in total. The van der Waals surface area contributed by atoms with E-state index >= 15 is 0 Å². The molecule has 4 aromatic rings. The predicted molar refractivity (Wildman–Crippen MR) is 175 cm³/mol. The quantitative estimate of drug-likeness (QED) is 0.0893. The summed E-state index contributed by atoms with van der Waals surface area (Å²) in [7, 11) is 0. The fraction of sp³-hybridized carbons (Fsp3) is 0.0909. The van der Waals surface area contributed by atoms with Crippen LogP contribution in [-0.4, -0.2) is 36.1 Å². The zero-order valence-electron chi connectivity index (χ0n) is 23.4. The molecule has 0 spiro atoms. The van der Waals surface area contributed by atoms with E-state index in [1.54, 1.807) is 104 Å². The summed E-state index contributed by atoms with van der Waals surface area (Å²) in [5.41, 5.74) is 2.30. The summed E-state index contributed by atoms with van der Waals surface area (Å²) in [6.07, 6.45) is 1.47. The van der Waals surface area contributed by atoms with Crippen LogP contribution in [0.25, 0.3) is 6.08 Å². The van der Waals surface area contributed by atoms with Crippen LogP contribution in [-0.2, 0) is 14.3 Å². The molecule has 0 radical (unpaired) electrons. The van der Waals surface area contributed by atoms with Crippen molar-refractivity contribution in [2.24, 2.45) is 0 Å². The van der Waals surface area contributed by atoms with E-state index in [1.807, 2.05) is 0 Å². The van der Waals surface area contributed by atoms with Crippen molar-refractivity contribution in [3.05, 3.63) is 129 Å². The fourth-order valence-electron chi connectivity index (χ4n) is 3.80. The average molecular weight is 649 g/mol. The molecule has 11 heteroatoms. The lowest BCUT2D eigenvalue weighted by Crippen LogP contribution is -2.30. The van der Waals surface area contributed by atoms with Gasteiger partial charge in [0.25, 0.3) is 11.8 Å². The number of hydrogen-bond acceptors (Lipinski definition) is 6. The highest BCUT2D eigenvalue weighted by Crippen LogP contribution is 2.24. The van der Waals surface area contributed by atoms with Gasteiger partial charge in [-0.2, -0.15) is 0 Å². The maximum Gasteiger partial charge on any atom is 0.338 e. The van der Waals surface area contributed by atoms with E-state index in [0.717, 1.165) is 4.90 Å². The number of benzene rings is 4. The van der Waals surface area contributed by atoms with E-state index in [0.29, 0.717) is 38.1 Å². The lowest BCUT2D eigenvalue weighted by Gasteiger charge is -2.12. The van der Waals surface area contributed by atoms with Gasteiger partial charge in [0, 0.05) is 31.9 Å². The van der Waals surface area contributed by atoms with Gasteiger partial charge in [-0.05, 0) is 91.4 Å². The summed E-state index contributed by atoms with van der Waals surface area (Å²) in [4.78, 5) is 51.2. The first-order valence-corrected chi connectivity index (χ1v) is 15.1. The average Bonchev–Trinajstić information content (AvgIpc) is 3.02. The highest BCUT2D eigenvalue weighted by Gasteiger charge is 2.16. The molecule has 3 amide bonds. The van der Waals surface area contributed by atoms with Gasteiger partial charge in [-0.1, -0.05) is 47.5 Å². The van der Waals surface area contributed by atoms with Crippen molar-refractivity contribution in [2.75, 3.05) is 23.0 Å². The minimum absolute atomic E-state index is 0.0199. The van der Waals surface area contributed by atoms with E-state index < -0.39 is 17.8 Å². The van der Waals surface area contributed by atoms with E-state index in [4.69, 9.17) is 27.9 Å². The number of carbonyl (C=O) groups is 4. The molecule has 0 saturated heterocycles. The minimum atomic E-state index is -0.561. The Bertz CT molecular complexity index is 1680. The Kier molecular flexibility index (Phi) is 11.6. The highest BCUT2D eigenvalue weighted by molar-refractivity contribution is 8.00. The molecule has 3 N–H and O–H groups in total. The summed E-state index contributed by atoms with van der Waals surface area (Å²) >= 11 is 13.6. The SMILES string of the molecule is CCOC(=O)c1ccc(NC(=O)CSc2ccc(NC(=O)/C(=C/c3ccc(Cl)cc3Cl)NC(=O)c3ccccc3)cc2)cc1. The lowest BCUT2D eigenvalue weighted by atomic mass is 10.1. The number of anilines is 2. The number of amides is 3. The molecule has 0 heterocycles. The largest absolute Gasteiger partial charge is 0.462 e. The van der Waals surface area contributed by atoms with Crippen molar-refractivity contribution in [1.82, 2.24) is 5.32 Å². The number of carbonyl (C=O) groups excluding carboxylic acids is 4. The molecule has 44 heavy (non-hydrogen) atoms. The van der Waals surface area contributed by atoms with Crippen LogP contribution in [0.15, 0.2) is 108 Å². The van der Waals surface area contributed by atoms with E-state index in [9.17, 15) is 19.2 Å². The standard InChI is InChI=1S/C33H27Cl2N3O5S/c1-2-43-33(42)22-9-12-25(13-10-22)36-30(39)20-44-27-16-14-26(15-17-27)37-32(41)29(18-23-8-11-24(34)19-28(23)35)38-31(40)21-6-4-3-5-7-21/h3-19H,2,20H2,1H3,(H,36,39)(H,37,41)(H,38,40)/b29-18-. The van der Waals surface area contributed by atoms with Gasteiger partial charge < -0.3 is 20.7 Å². The topological polar surface area (TPSA) is 114 Å². The van der Waals surface area contributed by atoms with Crippen LogP contribution in [0.1, 0.15) is 33.2 Å². The molecule has 224 valence electrons. The number of hydrogen-bond donors (Lipinski definition) is 3. The van der Waals surface area contributed by atoms with Crippen molar-refractivity contribution < 1.29 is 23.9 Å². The first kappa shape index (κ1) is 32.3. The zero-order chi connectivity index (χ0) is 31.5. The summed E-state index contributed by atoms with van der Waals surface area (Å²) < 4.78 is 4.96. The molecular formula is C33H27Cl2N3O5S. The van der Waals surface area contributed by atoms with Gasteiger partial charge in [-0.25, -0.2) is 4.79 Å². The van der Waals surface area contributed by atoms with Crippen molar-refractivity contribution in [2.45, 2.75) is 11.8 Å². The summed E-state index contributed by atoms with van der Waals surface area (Å²) in [6, 6.07) is 26.7. The van der Waals surface area contributed by atoms with Crippen molar-refractivity contribution in [1.29, 1.82) is 0 Å². The van der Waals surface area contributed by atoms with E-state index in [2.05, 4.69) is 16.0 Å². The molecule has 0 atom stereocenters. The number of halogens is 2. The molecule has 4 rings (SSSR count). The molecule has 0 aliphatic carbocycles. The Morgan fingerprint density at radius 3 is 2.11 bits per heavy atom. The minimum Gasteiger partial charge on any atom is -0.462 e. The van der Waals surface area contributed by atoms with Gasteiger partial charge in [-0.15, -0.1) is 11.8 Å². The van der Waals surface area contributed by atoms with Crippen LogP contribution in [0.5, 0.6) is 0 Å². The van der Waals surface area contributed by atoms with E-state index in [-0.39, 0.29) is 24.0 Å². The van der Waals surface area contributed by atoms with Crippen LogP contribution in [0.2, 0.25) is 10.0 Å². The normalized spacial score (nSPS) is 10.9. The summed E-state index contributed by atoms with van der Waals surface area (Å²) in [5, 5.41) is 8.99. The molecular weight excluding hydrogens is 621 g/mol. The lowest BCUT2D eigenvalue weighted by molar-refractivity contribution is -0.114. The second-order valence-corrected chi connectivity index (χ2v) is 11.0. The van der Waals surface area contributed by atoms with Gasteiger partial charge in [0.2, 0.25) is 5.91 Å². The fourth-order valence-corrected chi connectivity index (χ4v) is 4.96. The van der Waals surface area contributed by atoms with E-state index in [1.165, 1.54) is 17.8 Å². The molecule has 0 saturated carbocycles. The number of nitrogens with one attached hydrogen (secondary N) is 3. The van der Waals surface area contributed by atoms with Crippen LogP contribution in [0, 0.1) is 0 Å². The van der Waals surface area contributed by atoms with Gasteiger partial charge in [0.15, 0.2) is 0 Å². The summed E-state index contributed by atoms with van der Waals surface area (Å²) in [5.74, 6) is -1.52. The Balaban J connectivity index is 1.37. The Morgan fingerprint density at radius 1 is 0.795 bits per heavy atom. The van der Waals surface area contributed by atoms with Crippen LogP contribution >= 0.6 is 35.0 Å². The third kappa shape index (κ3) is 9.47. The van der Waals surface area contributed by atoms with Crippen molar-refractivity contribution in [3.8, 4) is 0 Å². The van der Waals surface area contributed by atoms with Crippen molar-refractivity contribution >= 4 is 76.1 Å². The number of esters is 1. The summed E-state index contributed by atoms with van der Waals surface area (Å²) in [6.45, 7) is 2.02. The number of ether oxygens (including phenoxy) is 1. The zero-order valence-corrected chi connectivity index (χ0v) is 25.8. The van der Waals surface area contributed by atoms with Gasteiger partial charge >= 0.3 is 5.97 Å². The first-order chi connectivity index (χ1) is 21.2. The molecule has 4 aromatic carbocycles. The Hall–Kier alpha value is -4.57. The van der Waals surface area contributed by atoms with Crippen LogP contribution < -0.4 is 16.0 Å². The predicted octanol–water partition coefficient (Wildman–Crippen LogP) is 7.31. The van der Waals surface area contributed by atoms with Crippen LogP contribution in [0.3, 0.4) is 0 Å². The van der Waals surface area contributed by atoms with Gasteiger partial charge in [0.1, 0.15) is 5.70 Å². The number of rotatable bonds is 11. The molecule has 0 aliphatic rings. The third-order valence-electron chi connectivity index (χ3n) is 5.95. The first-order valence-electron chi connectivity index (χ1n) is 13.4. The molecule has 0 aromatic heterocycles. The van der Waals surface area contributed by atoms with Crippen LogP contribution in [0.4, 0.5) is 11.4 Å². The van der Waals surface area contributed by atoms with Crippen molar-refractivity contribution in [3.63, 3.8) is 0 Å². The van der Waals surface area contributed by atoms with Gasteiger partial charge in [0.05, 0.1) is 17.9 Å². The molecule has 0 unspecified atom stereocenters. The second-order valence-electron chi connectivity index (χ2n) is 9.16. The van der Waals surface area contributed by atoms with Gasteiger partial charge in [-0.3, -0.25) is 14.4 Å². The Labute approximate surface area is 268 Å². The Morgan fingerprint density at radius 2 is 1.45 bits per heavy atom. The smallest absolute Gasteiger partial charge is 0.338 e. The maximum absolute atomic E-state index is 13.3.